The van der Waals surface area contributed by atoms with E-state index in [1.165, 1.54) is 12.0 Å². The van der Waals surface area contributed by atoms with E-state index in [1.807, 2.05) is 31.2 Å². The zero-order valence-electron chi connectivity index (χ0n) is 14.0. The number of likely N-dealkylation sites (tertiary alicyclic amines) is 1. The Balaban J connectivity index is 2.06. The molecule has 1 atom stereocenters. The average molecular weight is 330 g/mol. The molecule has 6 nitrogen and oxygen atoms in total. The molecule has 3 rings (SSSR count). The number of nitrogens with two attached hydrogens (primary N) is 1. The number of fused-ring (bicyclic) bond motifs is 1. The molecule has 2 amide bonds. The molecule has 1 unspecified atom stereocenters. The maximum Gasteiger partial charge on any atom is 0.290 e. The summed E-state index contributed by atoms with van der Waals surface area (Å²) in [5.41, 5.74) is 6.06. The molecule has 1 aromatic heterocycles. The summed E-state index contributed by atoms with van der Waals surface area (Å²) in [6, 6.07) is 7.56. The van der Waals surface area contributed by atoms with E-state index < -0.39 is 11.4 Å². The van der Waals surface area contributed by atoms with Gasteiger partial charge in [0, 0.05) is 24.6 Å². The summed E-state index contributed by atoms with van der Waals surface area (Å²) in [6.45, 7) is 2.54. The first-order valence-electron chi connectivity index (χ1n) is 8.16. The molecule has 1 fully saturated rings. The molecule has 1 saturated heterocycles. The second-order valence-corrected chi connectivity index (χ2v) is 6.15. The summed E-state index contributed by atoms with van der Waals surface area (Å²) in [5, 5.41) is 0.930. The molecular weight excluding hydrogens is 308 g/mol. The average Bonchev–Trinajstić information content (AvgIpc) is 3.16. The van der Waals surface area contributed by atoms with Crippen molar-refractivity contribution < 1.29 is 18.7 Å². The van der Waals surface area contributed by atoms with Crippen molar-refractivity contribution in [1.82, 2.24) is 4.90 Å². The second kappa shape index (κ2) is 6.28. The predicted octanol–water partition coefficient (Wildman–Crippen LogP) is 2.10. The molecule has 2 aromatic rings. The van der Waals surface area contributed by atoms with Crippen LogP contribution >= 0.6 is 0 Å². The van der Waals surface area contributed by atoms with Crippen LogP contribution in [-0.4, -0.2) is 42.5 Å². The monoisotopic (exact) mass is 330 g/mol. The van der Waals surface area contributed by atoms with Crippen molar-refractivity contribution in [3.63, 3.8) is 0 Å². The van der Waals surface area contributed by atoms with E-state index >= 15 is 0 Å². The van der Waals surface area contributed by atoms with Crippen LogP contribution in [0.4, 0.5) is 0 Å². The number of carbonyl (C=O) groups excluding carboxylic acids is 2. The molecule has 6 heteroatoms. The van der Waals surface area contributed by atoms with E-state index in [2.05, 4.69) is 0 Å². The first kappa shape index (κ1) is 16.5. The van der Waals surface area contributed by atoms with Gasteiger partial charge in [-0.15, -0.1) is 0 Å². The number of methoxy groups -OCH3 is 1. The molecule has 24 heavy (non-hydrogen) atoms. The molecule has 1 aliphatic heterocycles. The Bertz CT molecular complexity index is 782. The summed E-state index contributed by atoms with van der Waals surface area (Å²) in [6.07, 6.45) is 1.88. The van der Waals surface area contributed by atoms with E-state index in [1.54, 1.807) is 0 Å². The Morgan fingerprint density at radius 1 is 1.38 bits per heavy atom. The first-order valence-corrected chi connectivity index (χ1v) is 8.16. The van der Waals surface area contributed by atoms with E-state index in [4.69, 9.17) is 14.9 Å². The Morgan fingerprint density at radius 3 is 2.79 bits per heavy atom. The Morgan fingerprint density at radius 2 is 2.12 bits per heavy atom. The van der Waals surface area contributed by atoms with Crippen LogP contribution in [0.25, 0.3) is 11.0 Å². The highest BCUT2D eigenvalue weighted by molar-refractivity contribution is 6.02. The lowest BCUT2D eigenvalue weighted by molar-refractivity contribution is -0.130. The van der Waals surface area contributed by atoms with Gasteiger partial charge in [0.2, 0.25) is 5.91 Å². The molecule has 0 saturated carbocycles. The van der Waals surface area contributed by atoms with Gasteiger partial charge in [0.25, 0.3) is 5.91 Å². The van der Waals surface area contributed by atoms with Crippen molar-refractivity contribution in [3.8, 4) is 0 Å². The van der Waals surface area contributed by atoms with Crippen molar-refractivity contribution in [2.24, 2.45) is 5.73 Å². The van der Waals surface area contributed by atoms with Gasteiger partial charge in [-0.25, -0.2) is 0 Å². The lowest BCUT2D eigenvalue weighted by Gasteiger charge is -2.34. The van der Waals surface area contributed by atoms with Crippen LogP contribution in [0.3, 0.4) is 0 Å². The third-order valence-corrected chi connectivity index (χ3v) is 4.82. The Hall–Kier alpha value is -2.34. The minimum absolute atomic E-state index is 0.0930. The SMILES string of the molecule is CCc1c(C(=O)N2CCCC2(COC)C(N)=O)oc2ccccc12. The lowest BCUT2D eigenvalue weighted by Crippen LogP contribution is -2.58. The standard InChI is InChI=1S/C18H22N2O4/c1-3-12-13-7-4-5-8-14(13)24-15(12)16(21)20-10-6-9-18(20,11-23-2)17(19)22/h4-5,7-8H,3,6,9-11H2,1-2H3,(H2,19,22). The molecule has 2 N–H and O–H groups in total. The quantitative estimate of drug-likeness (QED) is 0.909. The van der Waals surface area contributed by atoms with Gasteiger partial charge in [-0.2, -0.15) is 0 Å². The zero-order valence-corrected chi connectivity index (χ0v) is 14.0. The smallest absolute Gasteiger partial charge is 0.290 e. The maximum atomic E-state index is 13.2. The van der Waals surface area contributed by atoms with E-state index in [9.17, 15) is 9.59 Å². The maximum absolute atomic E-state index is 13.2. The number of amides is 2. The van der Waals surface area contributed by atoms with E-state index in [0.29, 0.717) is 37.2 Å². The van der Waals surface area contributed by atoms with Crippen molar-refractivity contribution in [2.45, 2.75) is 31.7 Å². The topological polar surface area (TPSA) is 85.8 Å². The van der Waals surface area contributed by atoms with Crippen molar-refractivity contribution in [3.05, 3.63) is 35.6 Å². The summed E-state index contributed by atoms with van der Waals surface area (Å²) in [4.78, 5) is 26.8. The minimum Gasteiger partial charge on any atom is -0.451 e. The highest BCUT2D eigenvalue weighted by Crippen LogP contribution is 2.34. The number of primary amides is 1. The number of hydrogen-bond acceptors (Lipinski definition) is 4. The Kier molecular flexibility index (Phi) is 4.32. The van der Waals surface area contributed by atoms with Crippen LogP contribution in [0.15, 0.2) is 28.7 Å². The zero-order chi connectivity index (χ0) is 17.3. The minimum atomic E-state index is -1.10. The van der Waals surface area contributed by atoms with Crippen LogP contribution in [0.2, 0.25) is 0 Å². The van der Waals surface area contributed by atoms with Crippen LogP contribution in [0.1, 0.15) is 35.9 Å². The number of rotatable bonds is 5. The van der Waals surface area contributed by atoms with Gasteiger partial charge in [-0.05, 0) is 25.3 Å². The van der Waals surface area contributed by atoms with Gasteiger partial charge in [0.1, 0.15) is 11.1 Å². The number of furan rings is 1. The lowest BCUT2D eigenvalue weighted by atomic mass is 9.95. The molecule has 128 valence electrons. The van der Waals surface area contributed by atoms with Crippen molar-refractivity contribution >= 4 is 22.8 Å². The molecule has 0 radical (unpaired) electrons. The van der Waals surface area contributed by atoms with Gasteiger partial charge < -0.3 is 19.8 Å². The van der Waals surface area contributed by atoms with Gasteiger partial charge in [-0.3, -0.25) is 9.59 Å². The van der Waals surface area contributed by atoms with Gasteiger partial charge in [0.05, 0.1) is 6.61 Å². The predicted molar refractivity (Wildman–Crippen MR) is 89.7 cm³/mol. The largest absolute Gasteiger partial charge is 0.451 e. The number of nitrogens with zero attached hydrogens (tertiary/aromatic N) is 1. The number of ether oxygens (including phenoxy) is 1. The molecule has 1 aliphatic rings. The highest BCUT2D eigenvalue weighted by atomic mass is 16.5. The van der Waals surface area contributed by atoms with Crippen LogP contribution < -0.4 is 5.73 Å². The molecular formula is C18H22N2O4. The van der Waals surface area contributed by atoms with E-state index in [0.717, 1.165) is 10.9 Å². The third kappa shape index (κ3) is 2.38. The molecule has 0 spiro atoms. The number of para-hydroxylation sites is 1. The van der Waals surface area contributed by atoms with Crippen LogP contribution in [0, 0.1) is 0 Å². The van der Waals surface area contributed by atoms with Gasteiger partial charge in [0.15, 0.2) is 5.76 Å². The summed E-state index contributed by atoms with van der Waals surface area (Å²) >= 11 is 0. The van der Waals surface area contributed by atoms with Crippen LogP contribution in [-0.2, 0) is 16.0 Å². The normalized spacial score (nSPS) is 20.7. The second-order valence-electron chi connectivity index (χ2n) is 6.15. The molecule has 2 heterocycles. The molecule has 1 aromatic carbocycles. The van der Waals surface area contributed by atoms with Gasteiger partial charge in [-0.1, -0.05) is 25.1 Å². The summed E-state index contributed by atoms with van der Waals surface area (Å²) in [7, 11) is 1.50. The number of hydrogen-bond donors (Lipinski definition) is 1. The summed E-state index contributed by atoms with van der Waals surface area (Å²) < 4.78 is 11.0. The van der Waals surface area contributed by atoms with E-state index in [-0.39, 0.29) is 12.5 Å². The molecule has 0 bridgehead atoms. The number of aryl methyl sites for hydroxylation is 1. The fourth-order valence-corrected chi connectivity index (χ4v) is 3.64. The number of benzene rings is 1. The fourth-order valence-electron chi connectivity index (χ4n) is 3.64. The third-order valence-electron chi connectivity index (χ3n) is 4.82. The Labute approximate surface area is 140 Å². The first-order chi connectivity index (χ1) is 11.5. The van der Waals surface area contributed by atoms with Crippen LogP contribution in [0.5, 0.6) is 0 Å². The van der Waals surface area contributed by atoms with Crippen molar-refractivity contribution in [1.29, 1.82) is 0 Å². The fraction of sp³-hybridized carbons (Fsp3) is 0.444. The summed E-state index contributed by atoms with van der Waals surface area (Å²) in [5.74, 6) is -0.539. The van der Waals surface area contributed by atoms with Gasteiger partial charge >= 0.3 is 0 Å². The number of carbonyl (C=O) groups is 2. The molecule has 0 aliphatic carbocycles. The van der Waals surface area contributed by atoms with Crippen molar-refractivity contribution in [2.75, 3.05) is 20.3 Å². The highest BCUT2D eigenvalue weighted by Gasteiger charge is 2.49.